The van der Waals surface area contributed by atoms with E-state index in [-0.39, 0.29) is 30.0 Å². The first-order valence-corrected chi connectivity index (χ1v) is 18.4. The highest BCUT2D eigenvalue weighted by molar-refractivity contribution is 6.39. The summed E-state index contributed by atoms with van der Waals surface area (Å²) >= 11 is 14.0. The van der Waals surface area contributed by atoms with Gasteiger partial charge in [-0.05, 0) is 61.6 Å². The highest BCUT2D eigenvalue weighted by Crippen LogP contribution is 2.41. The Hall–Kier alpha value is -4.59. The topological polar surface area (TPSA) is 149 Å². The molecule has 1 unspecified atom stereocenters. The minimum absolute atomic E-state index is 0.0446. The number of hydrogen-bond donors (Lipinski definition) is 5. The van der Waals surface area contributed by atoms with Crippen LogP contribution in [0.4, 0.5) is 17.2 Å². The van der Waals surface area contributed by atoms with Gasteiger partial charge >= 0.3 is 0 Å². The van der Waals surface area contributed by atoms with Gasteiger partial charge in [0.1, 0.15) is 5.52 Å². The lowest BCUT2D eigenvalue weighted by atomic mass is 10.0. The maximum absolute atomic E-state index is 13.5. The van der Waals surface area contributed by atoms with E-state index < -0.39 is 0 Å². The predicted molar refractivity (Wildman–Crippen MR) is 202 cm³/mol. The molecule has 2 fully saturated rings. The van der Waals surface area contributed by atoms with Crippen molar-refractivity contribution in [2.24, 2.45) is 0 Å². The molecule has 12 nitrogen and oxygen atoms in total. The quantitative estimate of drug-likeness (QED) is 0.115. The lowest BCUT2D eigenvalue weighted by Gasteiger charge is -2.25. The Labute approximate surface area is 310 Å². The molecular weight excluding hydrogens is 701 g/mol. The van der Waals surface area contributed by atoms with E-state index in [4.69, 9.17) is 28.2 Å². The van der Waals surface area contributed by atoms with Crippen LogP contribution in [0.15, 0.2) is 67.0 Å². The number of nitrogens with zero attached hydrogens (tertiary/aromatic N) is 5. The van der Waals surface area contributed by atoms with Crippen LogP contribution in [0, 0.1) is 0 Å². The summed E-state index contributed by atoms with van der Waals surface area (Å²) in [7, 11) is 0. The smallest absolute Gasteiger partial charge is 0.276 e. The van der Waals surface area contributed by atoms with E-state index in [1.807, 2.05) is 53.3 Å². The average Bonchev–Trinajstić information content (AvgIpc) is 3.89. The second kappa shape index (κ2) is 14.8. The molecule has 0 bridgehead atoms. The number of aromatic nitrogens is 4. The molecular formula is C38H39Cl2N9O3. The summed E-state index contributed by atoms with van der Waals surface area (Å²) < 4.78 is 1.89. The van der Waals surface area contributed by atoms with Crippen LogP contribution in [0.3, 0.4) is 0 Å². The van der Waals surface area contributed by atoms with Crippen LogP contribution in [-0.4, -0.2) is 73.3 Å². The van der Waals surface area contributed by atoms with Gasteiger partial charge in [-0.15, -0.1) is 0 Å². The maximum atomic E-state index is 13.5. The number of carbonyl (C=O) groups is 2. The number of β-amino-alcohol motifs (C(OH)–C–C–N with tert-alkyl or cyclic N) is 1. The van der Waals surface area contributed by atoms with Crippen molar-refractivity contribution in [1.82, 2.24) is 35.3 Å². The summed E-state index contributed by atoms with van der Waals surface area (Å²) in [5.41, 5.74) is 5.45. The van der Waals surface area contributed by atoms with Gasteiger partial charge in [-0.3, -0.25) is 24.2 Å². The van der Waals surface area contributed by atoms with Crippen LogP contribution < -0.4 is 21.3 Å². The molecule has 0 saturated carbocycles. The highest BCUT2D eigenvalue weighted by atomic mass is 35.5. The largest absolute Gasteiger partial charge is 0.392 e. The Morgan fingerprint density at radius 1 is 0.981 bits per heavy atom. The number of aryl methyl sites for hydroxylation is 1. The van der Waals surface area contributed by atoms with E-state index in [0.29, 0.717) is 69.1 Å². The number of fused-ring (bicyclic) bond motifs is 2. The number of aliphatic hydroxyl groups is 1. The number of carbonyl (C=O) groups excluding carboxylic acids is 2. The zero-order valence-electron chi connectivity index (χ0n) is 28.4. The van der Waals surface area contributed by atoms with Gasteiger partial charge < -0.3 is 26.4 Å². The van der Waals surface area contributed by atoms with E-state index in [1.54, 1.807) is 12.3 Å². The Kier molecular flexibility index (Phi) is 9.82. The standard InChI is InChI=1S/C38H39Cl2N9O3/c39-34-26(4-1-6-29(34)45-37-36-23(11-13-41-37)16-22(18-43-36)20-48-15-12-25(50)21-48)27-5-2-7-30(35(27)40)46-38(52)31-17-32-28(8-3-14-49(32)47-31)42-19-24-9-10-33(51)44-24/h1-2,4-7,11,13,16-18,24-25,28,42,50H,3,8-10,12,14-15,19-21H2,(H,41,45)(H,44,51)(H,46,52)/t24-,25+,28?/m0/s1. The summed E-state index contributed by atoms with van der Waals surface area (Å²) in [4.78, 5) is 36.7. The summed E-state index contributed by atoms with van der Waals surface area (Å²) in [5.74, 6) is 0.299. The van der Waals surface area contributed by atoms with Crippen molar-refractivity contribution in [1.29, 1.82) is 0 Å². The van der Waals surface area contributed by atoms with Gasteiger partial charge in [0, 0.05) is 80.1 Å². The molecule has 6 heterocycles. The van der Waals surface area contributed by atoms with Crippen LogP contribution in [0.2, 0.25) is 10.0 Å². The molecule has 3 atom stereocenters. The third kappa shape index (κ3) is 7.22. The number of benzene rings is 2. The number of rotatable bonds is 10. The SMILES string of the molecule is O=C1CC[C@@H](CNC2CCCn3nc(C(=O)Nc4cccc(-c5cccc(Nc6nccc7cc(CN8CC[C@@H](O)C8)cnc67)c5Cl)c4Cl)cc32)N1. The molecule has 3 aliphatic heterocycles. The number of halogens is 2. The van der Waals surface area contributed by atoms with Crippen LogP contribution in [0.25, 0.3) is 22.0 Å². The number of hydrogen-bond acceptors (Lipinski definition) is 9. The summed E-state index contributed by atoms with van der Waals surface area (Å²) in [5, 5.41) is 29.1. The number of anilines is 3. The van der Waals surface area contributed by atoms with Crippen molar-refractivity contribution in [3.8, 4) is 11.1 Å². The molecule has 268 valence electrons. The van der Waals surface area contributed by atoms with Crippen molar-refractivity contribution in [2.75, 3.05) is 30.3 Å². The van der Waals surface area contributed by atoms with Crippen molar-refractivity contribution in [3.63, 3.8) is 0 Å². The summed E-state index contributed by atoms with van der Waals surface area (Å²) in [6, 6.07) is 17.1. The number of nitrogens with one attached hydrogen (secondary N) is 4. The third-order valence-electron chi connectivity index (χ3n) is 10.1. The van der Waals surface area contributed by atoms with E-state index in [9.17, 15) is 14.7 Å². The van der Waals surface area contributed by atoms with E-state index in [0.717, 1.165) is 62.0 Å². The lowest BCUT2D eigenvalue weighted by molar-refractivity contribution is -0.119. The first-order chi connectivity index (χ1) is 25.3. The lowest BCUT2D eigenvalue weighted by Crippen LogP contribution is -2.38. The molecule has 14 heteroatoms. The Balaban J connectivity index is 0.982. The van der Waals surface area contributed by atoms with Gasteiger partial charge in [-0.25, -0.2) is 4.98 Å². The molecule has 8 rings (SSSR count). The number of likely N-dealkylation sites (tertiary alicyclic amines) is 1. The Morgan fingerprint density at radius 3 is 2.56 bits per heavy atom. The molecule has 2 saturated heterocycles. The molecule has 2 aromatic carbocycles. The summed E-state index contributed by atoms with van der Waals surface area (Å²) in [6.07, 6.45) is 7.36. The van der Waals surface area contributed by atoms with Crippen molar-refractivity contribution >= 4 is 63.1 Å². The van der Waals surface area contributed by atoms with Crippen molar-refractivity contribution < 1.29 is 14.7 Å². The zero-order chi connectivity index (χ0) is 35.8. The zero-order valence-corrected chi connectivity index (χ0v) is 29.9. The van der Waals surface area contributed by atoms with E-state index in [2.05, 4.69) is 42.3 Å². The van der Waals surface area contributed by atoms with Gasteiger partial charge in [-0.2, -0.15) is 5.10 Å². The second-order valence-electron chi connectivity index (χ2n) is 13.7. The van der Waals surface area contributed by atoms with E-state index >= 15 is 0 Å². The predicted octanol–water partition coefficient (Wildman–Crippen LogP) is 6.07. The van der Waals surface area contributed by atoms with Crippen molar-refractivity contribution in [2.45, 2.75) is 63.4 Å². The highest BCUT2D eigenvalue weighted by Gasteiger charge is 2.28. The number of amides is 2. The molecule has 0 spiro atoms. The fourth-order valence-corrected chi connectivity index (χ4v) is 7.95. The molecule has 0 aliphatic carbocycles. The Bertz CT molecular complexity index is 2160. The van der Waals surface area contributed by atoms with Gasteiger partial charge in [0.15, 0.2) is 11.5 Å². The first-order valence-electron chi connectivity index (χ1n) is 17.7. The average molecular weight is 741 g/mol. The molecule has 52 heavy (non-hydrogen) atoms. The van der Waals surface area contributed by atoms with Crippen LogP contribution >= 0.6 is 23.2 Å². The molecule has 5 aromatic rings. The van der Waals surface area contributed by atoms with E-state index in [1.165, 1.54) is 0 Å². The molecule has 0 radical (unpaired) electrons. The van der Waals surface area contributed by atoms with Crippen molar-refractivity contribution in [3.05, 3.63) is 94.0 Å². The Morgan fingerprint density at radius 2 is 1.79 bits per heavy atom. The number of pyridine rings is 2. The summed E-state index contributed by atoms with van der Waals surface area (Å²) in [6.45, 7) is 3.67. The molecule has 2 amide bonds. The normalized spacial score (nSPS) is 20.2. The van der Waals surface area contributed by atoms with Gasteiger partial charge in [0.05, 0.1) is 33.2 Å². The second-order valence-corrected chi connectivity index (χ2v) is 14.5. The van der Waals surface area contributed by atoms with Crippen LogP contribution in [-0.2, 0) is 17.9 Å². The van der Waals surface area contributed by atoms with Crippen LogP contribution in [0.1, 0.15) is 59.9 Å². The minimum Gasteiger partial charge on any atom is -0.392 e. The molecule has 3 aliphatic rings. The fraction of sp³-hybridized carbons (Fsp3) is 0.342. The molecule has 5 N–H and O–H groups in total. The number of aliphatic hydroxyl groups excluding tert-OH is 1. The van der Waals surface area contributed by atoms with Gasteiger partial charge in [0.2, 0.25) is 5.91 Å². The third-order valence-corrected chi connectivity index (χ3v) is 10.9. The van der Waals surface area contributed by atoms with Crippen LogP contribution in [0.5, 0.6) is 0 Å². The van der Waals surface area contributed by atoms with Gasteiger partial charge in [-0.1, -0.05) is 47.5 Å². The maximum Gasteiger partial charge on any atom is 0.276 e. The minimum atomic E-state index is -0.361. The fourth-order valence-electron chi connectivity index (χ4n) is 7.40. The first kappa shape index (κ1) is 34.5. The van der Waals surface area contributed by atoms with Gasteiger partial charge in [0.25, 0.3) is 5.91 Å². The monoisotopic (exact) mass is 739 g/mol. The molecule has 3 aromatic heterocycles.